The van der Waals surface area contributed by atoms with E-state index in [0.29, 0.717) is 6.42 Å². The van der Waals surface area contributed by atoms with Gasteiger partial charge in [0.15, 0.2) is 11.4 Å². The lowest BCUT2D eigenvalue weighted by Crippen LogP contribution is -2.31. The molecule has 4 rings (SSSR count). The number of thioether (sulfide) groups is 1. The van der Waals surface area contributed by atoms with Crippen molar-refractivity contribution in [3.05, 3.63) is 71.8 Å². The molecule has 1 unspecified atom stereocenters. The summed E-state index contributed by atoms with van der Waals surface area (Å²) in [6.07, 6.45) is 2.08. The average molecular weight is 369 g/mol. The fraction of sp³-hybridized carbons (Fsp3) is 0.158. The third kappa shape index (κ3) is 3.17. The SMILES string of the molecule is O=C(NC1CCSc2ccc(F)cc21)c1nn(-c2ccccc2)cc1O. The summed E-state index contributed by atoms with van der Waals surface area (Å²) in [5.41, 5.74) is 1.45. The molecule has 1 aromatic heterocycles. The van der Waals surface area contributed by atoms with Gasteiger partial charge in [0.2, 0.25) is 0 Å². The zero-order chi connectivity index (χ0) is 18.1. The van der Waals surface area contributed by atoms with Gasteiger partial charge < -0.3 is 10.4 Å². The number of benzene rings is 2. The van der Waals surface area contributed by atoms with Gasteiger partial charge in [-0.25, -0.2) is 9.07 Å². The van der Waals surface area contributed by atoms with Crippen LogP contribution in [0.5, 0.6) is 5.75 Å². The maximum atomic E-state index is 13.6. The van der Waals surface area contributed by atoms with Crippen molar-refractivity contribution in [1.29, 1.82) is 0 Å². The zero-order valence-corrected chi connectivity index (χ0v) is 14.5. The van der Waals surface area contributed by atoms with E-state index in [9.17, 15) is 14.3 Å². The molecule has 1 amide bonds. The average Bonchev–Trinajstić information content (AvgIpc) is 3.05. The number of hydrogen-bond acceptors (Lipinski definition) is 4. The highest BCUT2D eigenvalue weighted by atomic mass is 32.2. The number of halogens is 1. The second kappa shape index (κ2) is 6.84. The van der Waals surface area contributed by atoms with E-state index in [-0.39, 0.29) is 23.3 Å². The first-order valence-electron chi connectivity index (χ1n) is 8.19. The van der Waals surface area contributed by atoms with Crippen LogP contribution in [0.2, 0.25) is 0 Å². The van der Waals surface area contributed by atoms with Gasteiger partial charge in [-0.3, -0.25) is 4.79 Å². The van der Waals surface area contributed by atoms with Crippen molar-refractivity contribution in [3.8, 4) is 11.4 Å². The van der Waals surface area contributed by atoms with Crippen molar-refractivity contribution in [1.82, 2.24) is 15.1 Å². The Balaban J connectivity index is 1.59. The van der Waals surface area contributed by atoms with Crippen LogP contribution in [0.4, 0.5) is 4.39 Å². The van der Waals surface area contributed by atoms with Crippen LogP contribution in [-0.4, -0.2) is 26.5 Å². The lowest BCUT2D eigenvalue weighted by atomic mass is 10.0. The first kappa shape index (κ1) is 16.7. The Hall–Kier alpha value is -2.80. The highest BCUT2D eigenvalue weighted by molar-refractivity contribution is 7.99. The highest BCUT2D eigenvalue weighted by Gasteiger charge is 2.26. The maximum absolute atomic E-state index is 13.6. The van der Waals surface area contributed by atoms with E-state index >= 15 is 0 Å². The van der Waals surface area contributed by atoms with Gasteiger partial charge in [0, 0.05) is 10.6 Å². The van der Waals surface area contributed by atoms with Gasteiger partial charge in [-0.2, -0.15) is 5.10 Å². The van der Waals surface area contributed by atoms with E-state index in [2.05, 4.69) is 10.4 Å². The number of fused-ring (bicyclic) bond motifs is 1. The minimum Gasteiger partial charge on any atom is -0.504 e. The summed E-state index contributed by atoms with van der Waals surface area (Å²) in [6.45, 7) is 0. The Morgan fingerprint density at radius 2 is 2.08 bits per heavy atom. The molecule has 0 saturated carbocycles. The third-order valence-corrected chi connectivity index (χ3v) is 5.37. The Morgan fingerprint density at radius 3 is 2.88 bits per heavy atom. The summed E-state index contributed by atoms with van der Waals surface area (Å²) in [6, 6.07) is 13.5. The van der Waals surface area contributed by atoms with E-state index in [1.54, 1.807) is 17.8 Å². The number of para-hydroxylation sites is 1. The lowest BCUT2D eigenvalue weighted by Gasteiger charge is -2.25. The van der Waals surface area contributed by atoms with Gasteiger partial charge in [-0.1, -0.05) is 18.2 Å². The molecule has 0 radical (unpaired) electrons. The molecule has 0 spiro atoms. The van der Waals surface area contributed by atoms with Crippen LogP contribution in [0, 0.1) is 5.82 Å². The van der Waals surface area contributed by atoms with Crippen LogP contribution in [0.15, 0.2) is 59.6 Å². The van der Waals surface area contributed by atoms with Crippen molar-refractivity contribution >= 4 is 17.7 Å². The van der Waals surface area contributed by atoms with Crippen molar-refractivity contribution in [2.24, 2.45) is 0 Å². The standard InChI is InChI=1S/C19H16FN3O2S/c20-12-6-7-17-14(10-12)15(8-9-26-17)21-19(25)18-16(24)11-23(22-18)13-4-2-1-3-5-13/h1-7,10-11,15,24H,8-9H2,(H,21,25). The Kier molecular flexibility index (Phi) is 4.38. The molecule has 0 aliphatic carbocycles. The smallest absolute Gasteiger partial charge is 0.276 e. The van der Waals surface area contributed by atoms with Crippen LogP contribution in [0.25, 0.3) is 5.69 Å². The van der Waals surface area contributed by atoms with Crippen LogP contribution in [0.1, 0.15) is 28.5 Å². The number of aromatic hydroxyl groups is 1. The maximum Gasteiger partial charge on any atom is 0.276 e. The van der Waals surface area contributed by atoms with Crippen molar-refractivity contribution in [2.45, 2.75) is 17.4 Å². The summed E-state index contributed by atoms with van der Waals surface area (Å²) in [7, 11) is 0. The van der Waals surface area contributed by atoms with Gasteiger partial charge >= 0.3 is 0 Å². The molecule has 0 saturated heterocycles. The third-order valence-electron chi connectivity index (χ3n) is 4.25. The van der Waals surface area contributed by atoms with E-state index in [1.165, 1.54) is 23.0 Å². The molecule has 0 fully saturated rings. The predicted octanol–water partition coefficient (Wildman–Crippen LogP) is 3.68. The lowest BCUT2D eigenvalue weighted by molar-refractivity contribution is 0.0926. The molecule has 0 bridgehead atoms. The Labute approximate surface area is 153 Å². The summed E-state index contributed by atoms with van der Waals surface area (Å²) in [5.74, 6) is -0.185. The van der Waals surface area contributed by atoms with Gasteiger partial charge in [-0.15, -0.1) is 11.8 Å². The van der Waals surface area contributed by atoms with Crippen molar-refractivity contribution < 1.29 is 14.3 Å². The van der Waals surface area contributed by atoms with Crippen molar-refractivity contribution in [3.63, 3.8) is 0 Å². The summed E-state index contributed by atoms with van der Waals surface area (Å²) >= 11 is 1.64. The first-order valence-corrected chi connectivity index (χ1v) is 9.17. The van der Waals surface area contributed by atoms with Crippen LogP contribution in [0.3, 0.4) is 0 Å². The Bertz CT molecular complexity index is 959. The monoisotopic (exact) mass is 369 g/mol. The van der Waals surface area contributed by atoms with Gasteiger partial charge in [-0.05, 0) is 42.3 Å². The van der Waals surface area contributed by atoms with Gasteiger partial charge in [0.05, 0.1) is 17.9 Å². The van der Waals surface area contributed by atoms with Crippen LogP contribution < -0.4 is 5.32 Å². The highest BCUT2D eigenvalue weighted by Crippen LogP contribution is 2.36. The minimum atomic E-state index is -0.482. The van der Waals surface area contributed by atoms with E-state index in [4.69, 9.17) is 0 Å². The summed E-state index contributed by atoms with van der Waals surface area (Å²) < 4.78 is 15.1. The minimum absolute atomic E-state index is 0.0509. The Morgan fingerprint density at radius 1 is 1.27 bits per heavy atom. The number of hydrogen-bond donors (Lipinski definition) is 2. The van der Waals surface area contributed by atoms with E-state index in [1.807, 2.05) is 30.3 Å². The predicted molar refractivity (Wildman–Crippen MR) is 97.2 cm³/mol. The molecule has 132 valence electrons. The fourth-order valence-electron chi connectivity index (χ4n) is 2.98. The van der Waals surface area contributed by atoms with E-state index < -0.39 is 5.91 Å². The molecule has 2 aromatic carbocycles. The molecular weight excluding hydrogens is 353 g/mol. The molecule has 1 aliphatic heterocycles. The van der Waals surface area contributed by atoms with Crippen LogP contribution in [-0.2, 0) is 0 Å². The molecule has 2 N–H and O–H groups in total. The van der Waals surface area contributed by atoms with Gasteiger partial charge in [0.1, 0.15) is 5.82 Å². The van der Waals surface area contributed by atoms with Crippen molar-refractivity contribution in [2.75, 3.05) is 5.75 Å². The number of nitrogens with zero attached hydrogens (tertiary/aromatic N) is 2. The number of carbonyl (C=O) groups is 1. The second-order valence-electron chi connectivity index (χ2n) is 5.99. The van der Waals surface area contributed by atoms with E-state index in [0.717, 1.165) is 21.9 Å². The topological polar surface area (TPSA) is 67.2 Å². The molecule has 7 heteroatoms. The molecule has 2 heterocycles. The summed E-state index contributed by atoms with van der Waals surface area (Å²) in [5, 5.41) is 17.2. The molecule has 3 aromatic rings. The zero-order valence-electron chi connectivity index (χ0n) is 13.7. The molecule has 1 aliphatic rings. The number of rotatable bonds is 3. The number of nitrogens with one attached hydrogen (secondary N) is 1. The molecular formula is C19H16FN3O2S. The quantitative estimate of drug-likeness (QED) is 0.739. The molecule has 26 heavy (non-hydrogen) atoms. The second-order valence-corrected chi connectivity index (χ2v) is 7.13. The van der Waals surface area contributed by atoms with Crippen LogP contribution >= 0.6 is 11.8 Å². The van der Waals surface area contributed by atoms with Gasteiger partial charge in [0.25, 0.3) is 5.91 Å². The largest absolute Gasteiger partial charge is 0.504 e. The number of carbonyl (C=O) groups excluding carboxylic acids is 1. The fourth-order valence-corrected chi connectivity index (χ4v) is 4.09. The normalized spacial score (nSPS) is 16.1. The summed E-state index contributed by atoms with van der Waals surface area (Å²) in [4.78, 5) is 13.6. The molecule has 5 nitrogen and oxygen atoms in total. The number of amides is 1. The first-order chi connectivity index (χ1) is 12.6. The number of aromatic nitrogens is 2. The molecule has 1 atom stereocenters.